The Balaban J connectivity index is 2.18. The van der Waals surface area contributed by atoms with Gasteiger partial charge < -0.3 is 10.9 Å². The molecule has 1 aromatic rings. The standard InChI is InChI=1S/C15H22FN3O/c1-15(2)7-4-8-19(10-15)9-11-5-3-6-12(13(11)16)14(17)18-20/h3,5-6,20H,4,7-10H2,1-2H3,(H2,17,18). The highest BCUT2D eigenvalue weighted by Crippen LogP contribution is 2.29. The summed E-state index contributed by atoms with van der Waals surface area (Å²) in [4.78, 5) is 2.26. The van der Waals surface area contributed by atoms with Crippen molar-refractivity contribution in [1.82, 2.24) is 4.90 Å². The summed E-state index contributed by atoms with van der Waals surface area (Å²) in [6.07, 6.45) is 2.34. The van der Waals surface area contributed by atoms with Crippen LogP contribution >= 0.6 is 0 Å². The molecule has 0 amide bonds. The van der Waals surface area contributed by atoms with Crippen LogP contribution in [0.3, 0.4) is 0 Å². The molecule has 1 aromatic carbocycles. The first-order valence-electron chi connectivity index (χ1n) is 6.90. The maximum Gasteiger partial charge on any atom is 0.173 e. The first-order chi connectivity index (χ1) is 9.43. The van der Waals surface area contributed by atoms with Gasteiger partial charge in [0.05, 0.1) is 5.56 Å². The third kappa shape index (κ3) is 3.28. The Morgan fingerprint density at radius 2 is 2.25 bits per heavy atom. The van der Waals surface area contributed by atoms with Gasteiger partial charge in [-0.3, -0.25) is 4.90 Å². The maximum atomic E-state index is 14.4. The van der Waals surface area contributed by atoms with Gasteiger partial charge in [-0.1, -0.05) is 31.1 Å². The molecular formula is C15H22FN3O. The molecule has 1 fully saturated rings. The molecule has 4 nitrogen and oxygen atoms in total. The second kappa shape index (κ2) is 5.79. The van der Waals surface area contributed by atoms with Crippen molar-refractivity contribution in [3.8, 4) is 0 Å². The molecule has 0 atom stereocenters. The zero-order chi connectivity index (χ0) is 14.8. The van der Waals surface area contributed by atoms with E-state index in [2.05, 4.69) is 23.9 Å². The molecule has 1 aliphatic rings. The Labute approximate surface area is 119 Å². The van der Waals surface area contributed by atoms with Crippen LogP contribution in [-0.4, -0.2) is 29.0 Å². The zero-order valence-electron chi connectivity index (χ0n) is 12.1. The minimum absolute atomic E-state index is 0.154. The predicted molar refractivity (Wildman–Crippen MR) is 77.2 cm³/mol. The highest BCUT2D eigenvalue weighted by molar-refractivity contribution is 5.97. The fraction of sp³-hybridized carbons (Fsp3) is 0.533. The van der Waals surface area contributed by atoms with Crippen LogP contribution in [0.4, 0.5) is 4.39 Å². The van der Waals surface area contributed by atoms with Crippen molar-refractivity contribution in [2.24, 2.45) is 16.3 Å². The molecule has 0 spiro atoms. The summed E-state index contributed by atoms with van der Waals surface area (Å²) < 4.78 is 14.4. The van der Waals surface area contributed by atoms with Gasteiger partial charge in [-0.15, -0.1) is 0 Å². The SMILES string of the molecule is CC1(C)CCCN(Cc2cccc(/C(N)=N/O)c2F)C1. The lowest BCUT2D eigenvalue weighted by molar-refractivity contribution is 0.110. The Morgan fingerprint density at radius 1 is 1.50 bits per heavy atom. The molecule has 3 N–H and O–H groups in total. The van der Waals surface area contributed by atoms with E-state index in [1.165, 1.54) is 12.5 Å². The number of nitrogens with two attached hydrogens (primary N) is 1. The van der Waals surface area contributed by atoms with Gasteiger partial charge in [-0.2, -0.15) is 0 Å². The second-order valence-corrected chi connectivity index (χ2v) is 6.24. The van der Waals surface area contributed by atoms with Crippen LogP contribution in [-0.2, 0) is 6.54 Å². The van der Waals surface area contributed by atoms with Crippen molar-refractivity contribution in [2.45, 2.75) is 33.2 Å². The lowest BCUT2D eigenvalue weighted by atomic mass is 9.84. The van der Waals surface area contributed by atoms with E-state index in [9.17, 15) is 4.39 Å². The summed E-state index contributed by atoms with van der Waals surface area (Å²) in [6, 6.07) is 5.01. The van der Waals surface area contributed by atoms with E-state index in [-0.39, 0.29) is 16.8 Å². The minimum Gasteiger partial charge on any atom is -0.409 e. The predicted octanol–water partition coefficient (Wildman–Crippen LogP) is 2.54. The molecule has 20 heavy (non-hydrogen) atoms. The third-order valence-electron chi connectivity index (χ3n) is 3.84. The number of oxime groups is 1. The number of benzene rings is 1. The second-order valence-electron chi connectivity index (χ2n) is 6.24. The number of halogens is 1. The summed E-state index contributed by atoms with van der Waals surface area (Å²) in [6.45, 7) is 6.98. The highest BCUT2D eigenvalue weighted by atomic mass is 19.1. The largest absolute Gasteiger partial charge is 0.409 e. The average molecular weight is 279 g/mol. The van der Waals surface area contributed by atoms with Gasteiger partial charge in [-0.25, -0.2) is 4.39 Å². The summed E-state index contributed by atoms with van der Waals surface area (Å²) in [5, 5.41) is 11.6. The van der Waals surface area contributed by atoms with Crippen LogP contribution in [0.1, 0.15) is 37.8 Å². The summed E-state index contributed by atoms with van der Waals surface area (Å²) in [7, 11) is 0. The Hall–Kier alpha value is -1.62. The molecule has 110 valence electrons. The quantitative estimate of drug-likeness (QED) is 0.387. The van der Waals surface area contributed by atoms with Gasteiger partial charge in [-0.05, 0) is 30.9 Å². The lowest BCUT2D eigenvalue weighted by Crippen LogP contribution is -2.39. The topological polar surface area (TPSA) is 61.8 Å². The zero-order valence-corrected chi connectivity index (χ0v) is 12.1. The molecule has 0 unspecified atom stereocenters. The van der Waals surface area contributed by atoms with E-state index in [0.29, 0.717) is 12.1 Å². The van der Waals surface area contributed by atoms with Crippen molar-refractivity contribution in [3.05, 3.63) is 35.1 Å². The van der Waals surface area contributed by atoms with E-state index in [0.717, 1.165) is 19.5 Å². The number of hydrogen-bond acceptors (Lipinski definition) is 3. The van der Waals surface area contributed by atoms with Crippen LogP contribution in [0, 0.1) is 11.2 Å². The molecule has 5 heteroatoms. The number of rotatable bonds is 3. The van der Waals surface area contributed by atoms with Crippen LogP contribution < -0.4 is 5.73 Å². The van der Waals surface area contributed by atoms with E-state index in [1.54, 1.807) is 12.1 Å². The van der Waals surface area contributed by atoms with Crippen LogP contribution in [0.2, 0.25) is 0 Å². The van der Waals surface area contributed by atoms with E-state index in [1.807, 2.05) is 0 Å². The fourth-order valence-corrected chi connectivity index (χ4v) is 2.87. The Kier molecular flexibility index (Phi) is 4.28. The number of nitrogens with zero attached hydrogens (tertiary/aromatic N) is 2. The fourth-order valence-electron chi connectivity index (χ4n) is 2.87. The maximum absolute atomic E-state index is 14.4. The van der Waals surface area contributed by atoms with Gasteiger partial charge in [0, 0.05) is 18.7 Å². The van der Waals surface area contributed by atoms with Crippen molar-refractivity contribution in [3.63, 3.8) is 0 Å². The molecule has 0 saturated carbocycles. The van der Waals surface area contributed by atoms with Crippen LogP contribution in [0.15, 0.2) is 23.4 Å². The van der Waals surface area contributed by atoms with Crippen LogP contribution in [0.5, 0.6) is 0 Å². The molecule has 0 bridgehead atoms. The van der Waals surface area contributed by atoms with Gasteiger partial charge in [0.2, 0.25) is 0 Å². The Morgan fingerprint density at radius 3 is 2.90 bits per heavy atom. The van der Waals surface area contributed by atoms with Gasteiger partial charge in [0.1, 0.15) is 5.82 Å². The smallest absolute Gasteiger partial charge is 0.173 e. The van der Waals surface area contributed by atoms with Crippen molar-refractivity contribution in [1.29, 1.82) is 0 Å². The van der Waals surface area contributed by atoms with Gasteiger partial charge in [0.25, 0.3) is 0 Å². The molecule has 1 heterocycles. The minimum atomic E-state index is -0.397. The van der Waals surface area contributed by atoms with E-state index >= 15 is 0 Å². The number of hydrogen-bond donors (Lipinski definition) is 2. The summed E-state index contributed by atoms with van der Waals surface area (Å²) in [5.74, 6) is -0.588. The molecule has 2 rings (SSSR count). The number of likely N-dealkylation sites (tertiary alicyclic amines) is 1. The molecule has 1 saturated heterocycles. The Bertz CT molecular complexity index is 514. The van der Waals surface area contributed by atoms with E-state index < -0.39 is 5.82 Å². The van der Waals surface area contributed by atoms with Gasteiger partial charge in [0.15, 0.2) is 5.84 Å². The van der Waals surface area contributed by atoms with Crippen molar-refractivity contribution < 1.29 is 9.60 Å². The monoisotopic (exact) mass is 279 g/mol. The highest BCUT2D eigenvalue weighted by Gasteiger charge is 2.26. The molecule has 1 aliphatic heterocycles. The molecule has 0 aliphatic carbocycles. The van der Waals surface area contributed by atoms with Crippen molar-refractivity contribution in [2.75, 3.05) is 13.1 Å². The molecule has 0 aromatic heterocycles. The molecular weight excluding hydrogens is 257 g/mol. The van der Waals surface area contributed by atoms with Gasteiger partial charge >= 0.3 is 0 Å². The number of piperidine rings is 1. The normalized spacial score (nSPS) is 20.1. The average Bonchev–Trinajstić information content (AvgIpc) is 2.39. The molecule has 0 radical (unpaired) electrons. The van der Waals surface area contributed by atoms with Crippen LogP contribution in [0.25, 0.3) is 0 Å². The summed E-state index contributed by atoms with van der Waals surface area (Å²) >= 11 is 0. The van der Waals surface area contributed by atoms with E-state index in [4.69, 9.17) is 10.9 Å². The first kappa shape index (κ1) is 14.8. The summed E-state index contributed by atoms with van der Waals surface area (Å²) in [5.41, 5.74) is 6.51. The first-order valence-corrected chi connectivity index (χ1v) is 6.90. The third-order valence-corrected chi connectivity index (χ3v) is 3.84. The van der Waals surface area contributed by atoms with Crippen molar-refractivity contribution >= 4 is 5.84 Å². The lowest BCUT2D eigenvalue weighted by Gasteiger charge is -2.38. The number of amidine groups is 1.